The molecular weight excluding hydrogens is 290 g/mol. The molecule has 1 N–H and O–H groups in total. The fraction of sp³-hybridized carbons (Fsp3) is 0.467. The number of hydrogen-bond acceptors (Lipinski definition) is 5. The number of ether oxygens (including phenoxy) is 1. The van der Waals surface area contributed by atoms with Gasteiger partial charge in [0.25, 0.3) is 0 Å². The Labute approximate surface area is 129 Å². The van der Waals surface area contributed by atoms with Crippen molar-refractivity contribution in [2.75, 3.05) is 12.4 Å². The van der Waals surface area contributed by atoms with Gasteiger partial charge in [-0.1, -0.05) is 30.6 Å². The van der Waals surface area contributed by atoms with E-state index >= 15 is 0 Å². The zero-order valence-corrected chi connectivity index (χ0v) is 13.7. The average Bonchev–Trinajstić information content (AvgIpc) is 2.92. The molecule has 0 saturated heterocycles. The molecule has 0 aliphatic heterocycles. The maximum atomic E-state index is 6.11. The standard InChI is InChI=1S/C15H20ClN3O2/c1-8(2)14-18-15(21-19-14)10(4)17-12-6-9(3)11(16)7-13(12)20-5/h6-8,10,17H,1-5H3. The molecule has 1 atom stereocenters. The lowest BCUT2D eigenvalue weighted by Crippen LogP contribution is -2.08. The van der Waals surface area contributed by atoms with Crippen LogP contribution in [0, 0.1) is 6.92 Å². The van der Waals surface area contributed by atoms with E-state index in [2.05, 4.69) is 15.5 Å². The zero-order chi connectivity index (χ0) is 15.6. The van der Waals surface area contributed by atoms with Crippen LogP contribution in [0.25, 0.3) is 0 Å². The summed E-state index contributed by atoms with van der Waals surface area (Å²) < 4.78 is 10.6. The van der Waals surface area contributed by atoms with Gasteiger partial charge in [0, 0.05) is 17.0 Å². The van der Waals surface area contributed by atoms with E-state index in [4.69, 9.17) is 20.9 Å². The fourth-order valence-electron chi connectivity index (χ4n) is 1.90. The number of aryl methyl sites for hydroxylation is 1. The predicted molar refractivity (Wildman–Crippen MR) is 83.2 cm³/mol. The highest BCUT2D eigenvalue weighted by Gasteiger charge is 2.17. The molecule has 1 aromatic carbocycles. The van der Waals surface area contributed by atoms with Crippen LogP contribution < -0.4 is 10.1 Å². The van der Waals surface area contributed by atoms with Crippen molar-refractivity contribution in [1.29, 1.82) is 0 Å². The van der Waals surface area contributed by atoms with Gasteiger partial charge in [-0.25, -0.2) is 0 Å². The quantitative estimate of drug-likeness (QED) is 0.890. The first-order chi connectivity index (χ1) is 9.92. The van der Waals surface area contributed by atoms with Gasteiger partial charge in [0.1, 0.15) is 11.8 Å². The van der Waals surface area contributed by atoms with Crippen LogP contribution >= 0.6 is 11.6 Å². The van der Waals surface area contributed by atoms with Gasteiger partial charge < -0.3 is 14.6 Å². The van der Waals surface area contributed by atoms with Crippen molar-refractivity contribution < 1.29 is 9.26 Å². The van der Waals surface area contributed by atoms with E-state index in [9.17, 15) is 0 Å². The Morgan fingerprint density at radius 1 is 1.29 bits per heavy atom. The molecule has 0 spiro atoms. The van der Waals surface area contributed by atoms with Crippen LogP contribution in [0.3, 0.4) is 0 Å². The summed E-state index contributed by atoms with van der Waals surface area (Å²) in [5, 5.41) is 7.96. The number of anilines is 1. The van der Waals surface area contributed by atoms with Crippen molar-refractivity contribution in [2.45, 2.75) is 39.7 Å². The molecule has 2 aromatic rings. The molecule has 0 radical (unpaired) electrons. The van der Waals surface area contributed by atoms with E-state index in [1.165, 1.54) is 0 Å². The average molecular weight is 310 g/mol. The number of rotatable bonds is 5. The molecule has 5 nitrogen and oxygen atoms in total. The van der Waals surface area contributed by atoms with E-state index < -0.39 is 0 Å². The molecule has 6 heteroatoms. The van der Waals surface area contributed by atoms with Gasteiger partial charge in [-0.15, -0.1) is 0 Å². The number of methoxy groups -OCH3 is 1. The molecule has 1 aromatic heterocycles. The Bertz CT molecular complexity index is 625. The van der Waals surface area contributed by atoms with Gasteiger partial charge in [-0.3, -0.25) is 0 Å². The first-order valence-electron chi connectivity index (χ1n) is 6.86. The van der Waals surface area contributed by atoms with E-state index in [0.29, 0.717) is 22.5 Å². The summed E-state index contributed by atoms with van der Waals surface area (Å²) in [6.07, 6.45) is 0. The molecule has 2 rings (SSSR count). The van der Waals surface area contributed by atoms with Crippen molar-refractivity contribution in [3.63, 3.8) is 0 Å². The Kier molecular flexibility index (Phi) is 4.73. The first kappa shape index (κ1) is 15.6. The Balaban J connectivity index is 2.22. The minimum atomic E-state index is -0.125. The molecule has 1 unspecified atom stereocenters. The summed E-state index contributed by atoms with van der Waals surface area (Å²) in [4.78, 5) is 4.39. The summed E-state index contributed by atoms with van der Waals surface area (Å²) in [7, 11) is 1.61. The van der Waals surface area contributed by atoms with E-state index in [1.54, 1.807) is 13.2 Å². The molecule has 1 heterocycles. The van der Waals surface area contributed by atoms with Crippen LogP contribution in [-0.4, -0.2) is 17.3 Å². The Morgan fingerprint density at radius 2 is 2.00 bits per heavy atom. The smallest absolute Gasteiger partial charge is 0.248 e. The van der Waals surface area contributed by atoms with Crippen LogP contribution in [0.4, 0.5) is 5.69 Å². The largest absolute Gasteiger partial charge is 0.495 e. The predicted octanol–water partition coefficient (Wildman–Crippen LogP) is 4.34. The van der Waals surface area contributed by atoms with Gasteiger partial charge >= 0.3 is 0 Å². The Hall–Kier alpha value is -1.75. The zero-order valence-electron chi connectivity index (χ0n) is 12.9. The van der Waals surface area contributed by atoms with Gasteiger partial charge in [0.2, 0.25) is 5.89 Å². The SMILES string of the molecule is COc1cc(Cl)c(C)cc1NC(C)c1nc(C(C)C)no1. The van der Waals surface area contributed by atoms with Crippen molar-refractivity contribution in [2.24, 2.45) is 0 Å². The molecule has 0 bridgehead atoms. The van der Waals surface area contributed by atoms with Crippen molar-refractivity contribution in [3.05, 3.63) is 34.4 Å². The van der Waals surface area contributed by atoms with Gasteiger partial charge in [-0.2, -0.15) is 4.98 Å². The van der Waals surface area contributed by atoms with Crippen LogP contribution in [0.15, 0.2) is 16.7 Å². The third-order valence-corrected chi connectivity index (χ3v) is 3.60. The van der Waals surface area contributed by atoms with Crippen LogP contribution in [0.5, 0.6) is 5.75 Å². The van der Waals surface area contributed by atoms with Gasteiger partial charge in [0.05, 0.1) is 12.8 Å². The number of halogens is 1. The van der Waals surface area contributed by atoms with Crippen molar-refractivity contribution >= 4 is 17.3 Å². The normalized spacial score (nSPS) is 12.5. The molecule has 0 fully saturated rings. The molecule has 0 saturated carbocycles. The van der Waals surface area contributed by atoms with Crippen LogP contribution in [0.2, 0.25) is 5.02 Å². The molecule has 0 aliphatic carbocycles. The molecular formula is C15H20ClN3O2. The van der Waals surface area contributed by atoms with Crippen LogP contribution in [0.1, 0.15) is 50.0 Å². The second-order valence-electron chi connectivity index (χ2n) is 5.31. The third-order valence-electron chi connectivity index (χ3n) is 3.20. The van der Waals surface area contributed by atoms with E-state index in [-0.39, 0.29) is 12.0 Å². The highest BCUT2D eigenvalue weighted by Crippen LogP contribution is 2.33. The summed E-state index contributed by atoms with van der Waals surface area (Å²) in [6.45, 7) is 7.96. The lowest BCUT2D eigenvalue weighted by Gasteiger charge is -2.16. The van der Waals surface area contributed by atoms with Gasteiger partial charge in [0.15, 0.2) is 5.82 Å². The number of benzene rings is 1. The highest BCUT2D eigenvalue weighted by atomic mass is 35.5. The van der Waals surface area contributed by atoms with Crippen molar-refractivity contribution in [3.8, 4) is 5.75 Å². The molecule has 114 valence electrons. The Morgan fingerprint density at radius 3 is 2.57 bits per heavy atom. The minimum Gasteiger partial charge on any atom is -0.495 e. The number of nitrogens with one attached hydrogen (secondary N) is 1. The molecule has 21 heavy (non-hydrogen) atoms. The summed E-state index contributed by atoms with van der Waals surface area (Å²) >= 11 is 6.11. The maximum Gasteiger partial charge on any atom is 0.248 e. The monoisotopic (exact) mass is 309 g/mol. The first-order valence-corrected chi connectivity index (χ1v) is 7.24. The van der Waals surface area contributed by atoms with Crippen molar-refractivity contribution in [1.82, 2.24) is 10.1 Å². The third kappa shape index (κ3) is 3.47. The van der Waals surface area contributed by atoms with Crippen LogP contribution in [-0.2, 0) is 0 Å². The van der Waals surface area contributed by atoms with E-state index in [0.717, 1.165) is 11.3 Å². The number of hydrogen-bond donors (Lipinski definition) is 1. The number of nitrogens with zero attached hydrogens (tertiary/aromatic N) is 2. The highest BCUT2D eigenvalue weighted by molar-refractivity contribution is 6.31. The van der Waals surface area contributed by atoms with Gasteiger partial charge in [-0.05, 0) is 25.5 Å². The molecule has 0 aliphatic rings. The fourth-order valence-corrected chi connectivity index (χ4v) is 2.05. The minimum absolute atomic E-state index is 0.125. The molecule has 0 amide bonds. The summed E-state index contributed by atoms with van der Waals surface area (Å²) in [6, 6.07) is 3.61. The second-order valence-corrected chi connectivity index (χ2v) is 5.72. The summed E-state index contributed by atoms with van der Waals surface area (Å²) in [5.41, 5.74) is 1.82. The number of aromatic nitrogens is 2. The summed E-state index contributed by atoms with van der Waals surface area (Å²) in [5.74, 6) is 2.18. The lowest BCUT2D eigenvalue weighted by atomic mass is 10.2. The lowest BCUT2D eigenvalue weighted by molar-refractivity contribution is 0.360. The topological polar surface area (TPSA) is 60.2 Å². The second kappa shape index (κ2) is 6.35. The maximum absolute atomic E-state index is 6.11. The van der Waals surface area contributed by atoms with E-state index in [1.807, 2.05) is 33.8 Å².